The summed E-state index contributed by atoms with van der Waals surface area (Å²) >= 11 is 3.12. The minimum absolute atomic E-state index is 0.00364. The average molecular weight is 366 g/mol. The number of hydrogen-bond acceptors (Lipinski definition) is 2. The molecular weight excluding hydrogens is 351 g/mol. The Morgan fingerprint density at radius 1 is 1.48 bits per heavy atom. The van der Waals surface area contributed by atoms with Gasteiger partial charge in [0, 0.05) is 23.5 Å². The molecule has 0 saturated carbocycles. The molecular formula is C14H15BrF3NO2. The van der Waals surface area contributed by atoms with E-state index in [4.69, 9.17) is 0 Å². The highest BCUT2D eigenvalue weighted by Gasteiger charge is 2.34. The van der Waals surface area contributed by atoms with Crippen LogP contribution in [0.2, 0.25) is 0 Å². The molecule has 3 nitrogen and oxygen atoms in total. The number of amides is 1. The Hall–Kier alpha value is -1.08. The molecule has 0 bridgehead atoms. The van der Waals surface area contributed by atoms with Crippen LogP contribution in [0.1, 0.15) is 29.3 Å². The highest BCUT2D eigenvalue weighted by atomic mass is 79.9. The minimum Gasteiger partial charge on any atom is -0.393 e. The molecule has 21 heavy (non-hydrogen) atoms. The number of rotatable bonds is 2. The van der Waals surface area contributed by atoms with Gasteiger partial charge in [0.15, 0.2) is 0 Å². The van der Waals surface area contributed by atoms with E-state index in [1.54, 1.807) is 6.92 Å². The molecule has 1 saturated heterocycles. The summed E-state index contributed by atoms with van der Waals surface area (Å²) in [5, 5.41) is 9.53. The second-order valence-corrected chi connectivity index (χ2v) is 6.09. The number of nitrogens with zero attached hydrogens (tertiary/aromatic N) is 1. The molecule has 2 atom stereocenters. The van der Waals surface area contributed by atoms with Crippen LogP contribution in [-0.2, 0) is 6.18 Å². The number of halogens is 4. The summed E-state index contributed by atoms with van der Waals surface area (Å²) in [7, 11) is 0. The number of aliphatic hydroxyl groups is 1. The summed E-state index contributed by atoms with van der Waals surface area (Å²) in [6, 6.07) is 3.03. The zero-order valence-corrected chi connectivity index (χ0v) is 12.9. The van der Waals surface area contributed by atoms with Crippen molar-refractivity contribution in [1.29, 1.82) is 0 Å². The van der Waals surface area contributed by atoms with E-state index in [0.717, 1.165) is 12.1 Å². The van der Waals surface area contributed by atoms with Gasteiger partial charge in [0.25, 0.3) is 5.91 Å². The van der Waals surface area contributed by atoms with E-state index in [-0.39, 0.29) is 11.5 Å². The van der Waals surface area contributed by atoms with Gasteiger partial charge < -0.3 is 10.0 Å². The molecule has 1 N–H and O–H groups in total. The first-order chi connectivity index (χ1) is 9.70. The van der Waals surface area contributed by atoms with Crippen molar-refractivity contribution in [2.75, 3.05) is 13.1 Å². The summed E-state index contributed by atoms with van der Waals surface area (Å²) in [4.78, 5) is 13.8. The molecule has 1 aliphatic heterocycles. The van der Waals surface area contributed by atoms with E-state index in [2.05, 4.69) is 15.9 Å². The Labute approximate surface area is 128 Å². The van der Waals surface area contributed by atoms with Gasteiger partial charge in [0.05, 0.1) is 17.2 Å². The molecule has 7 heteroatoms. The summed E-state index contributed by atoms with van der Waals surface area (Å²) in [5.74, 6) is -0.477. The molecule has 1 fully saturated rings. The zero-order valence-electron chi connectivity index (χ0n) is 11.3. The van der Waals surface area contributed by atoms with E-state index in [1.807, 2.05) is 0 Å². The second kappa shape index (κ2) is 5.96. The molecule has 2 unspecified atom stereocenters. The first-order valence-electron chi connectivity index (χ1n) is 6.54. The van der Waals surface area contributed by atoms with Gasteiger partial charge in [-0.2, -0.15) is 13.2 Å². The lowest BCUT2D eigenvalue weighted by Crippen LogP contribution is -2.30. The molecule has 1 amide bonds. The van der Waals surface area contributed by atoms with Gasteiger partial charge in [0.2, 0.25) is 0 Å². The van der Waals surface area contributed by atoms with Gasteiger partial charge in [0.1, 0.15) is 0 Å². The third-order valence-electron chi connectivity index (χ3n) is 3.72. The fraction of sp³-hybridized carbons (Fsp3) is 0.500. The predicted molar refractivity (Wildman–Crippen MR) is 74.8 cm³/mol. The number of alkyl halides is 3. The van der Waals surface area contributed by atoms with Crippen molar-refractivity contribution in [3.05, 3.63) is 33.8 Å². The Balaban J connectivity index is 2.24. The quantitative estimate of drug-likeness (QED) is 0.873. The van der Waals surface area contributed by atoms with Crippen LogP contribution >= 0.6 is 15.9 Å². The molecule has 1 aromatic carbocycles. The van der Waals surface area contributed by atoms with Gasteiger partial charge >= 0.3 is 6.18 Å². The predicted octanol–water partition coefficient (Wildman–Crippen LogP) is 3.31. The smallest absolute Gasteiger partial charge is 0.393 e. The minimum atomic E-state index is -4.48. The zero-order chi connectivity index (χ0) is 15.8. The highest BCUT2D eigenvalue weighted by Crippen LogP contribution is 2.33. The number of hydrogen-bond donors (Lipinski definition) is 1. The third-order valence-corrected chi connectivity index (χ3v) is 4.41. The molecule has 1 heterocycles. The van der Waals surface area contributed by atoms with Gasteiger partial charge in [-0.15, -0.1) is 0 Å². The Bertz CT molecular complexity index is 546. The van der Waals surface area contributed by atoms with Crippen molar-refractivity contribution in [1.82, 2.24) is 4.90 Å². The van der Waals surface area contributed by atoms with E-state index in [1.165, 1.54) is 11.0 Å². The van der Waals surface area contributed by atoms with E-state index in [0.29, 0.717) is 24.0 Å². The monoisotopic (exact) mass is 365 g/mol. The molecule has 1 aliphatic rings. The molecule has 0 aliphatic carbocycles. The summed E-state index contributed by atoms with van der Waals surface area (Å²) in [5.41, 5.74) is -0.851. The number of benzene rings is 1. The molecule has 0 spiro atoms. The van der Waals surface area contributed by atoms with Crippen LogP contribution in [0.15, 0.2) is 22.7 Å². The van der Waals surface area contributed by atoms with E-state index >= 15 is 0 Å². The maximum absolute atomic E-state index is 12.7. The van der Waals surface area contributed by atoms with Crippen molar-refractivity contribution >= 4 is 21.8 Å². The second-order valence-electron chi connectivity index (χ2n) is 5.23. The van der Waals surface area contributed by atoms with Gasteiger partial charge in [-0.25, -0.2) is 0 Å². The van der Waals surface area contributed by atoms with E-state index < -0.39 is 23.8 Å². The van der Waals surface area contributed by atoms with Crippen LogP contribution in [0.5, 0.6) is 0 Å². The molecule has 116 valence electrons. The molecule has 1 aromatic rings. The van der Waals surface area contributed by atoms with Gasteiger partial charge in [-0.1, -0.05) is 0 Å². The SMILES string of the molecule is CC(O)C1CCN(C(=O)c2cc(C(F)(F)F)ccc2Br)C1. The van der Waals surface area contributed by atoms with Crippen molar-refractivity contribution < 1.29 is 23.1 Å². The first kappa shape index (κ1) is 16.3. The average Bonchev–Trinajstić information content (AvgIpc) is 2.86. The largest absolute Gasteiger partial charge is 0.416 e. The number of carbonyl (C=O) groups excluding carboxylic acids is 1. The lowest BCUT2D eigenvalue weighted by molar-refractivity contribution is -0.137. The summed E-state index contributed by atoms with van der Waals surface area (Å²) < 4.78 is 38.5. The van der Waals surface area contributed by atoms with Crippen LogP contribution in [0.3, 0.4) is 0 Å². The Morgan fingerprint density at radius 2 is 2.14 bits per heavy atom. The highest BCUT2D eigenvalue weighted by molar-refractivity contribution is 9.10. The van der Waals surface area contributed by atoms with Crippen LogP contribution < -0.4 is 0 Å². The van der Waals surface area contributed by atoms with Crippen molar-refractivity contribution in [2.24, 2.45) is 5.92 Å². The molecule has 2 rings (SSSR count). The summed E-state index contributed by atoms with van der Waals surface area (Å²) in [6.45, 7) is 2.45. The van der Waals surface area contributed by atoms with Crippen molar-refractivity contribution in [2.45, 2.75) is 25.6 Å². The standard InChI is InChI=1S/C14H15BrF3NO2/c1-8(20)9-4-5-19(7-9)13(21)11-6-10(14(16,17)18)2-3-12(11)15/h2-3,6,8-9,20H,4-5,7H2,1H3. The van der Waals surface area contributed by atoms with Gasteiger partial charge in [-0.3, -0.25) is 4.79 Å². The maximum atomic E-state index is 12.7. The molecule has 0 radical (unpaired) electrons. The fourth-order valence-corrected chi connectivity index (χ4v) is 2.82. The lowest BCUT2D eigenvalue weighted by atomic mass is 10.0. The normalized spacial score (nSPS) is 20.7. The third kappa shape index (κ3) is 3.58. The van der Waals surface area contributed by atoms with Crippen molar-refractivity contribution in [3.8, 4) is 0 Å². The Kier molecular flexibility index (Phi) is 4.63. The first-order valence-corrected chi connectivity index (χ1v) is 7.33. The van der Waals surface area contributed by atoms with E-state index in [9.17, 15) is 23.1 Å². The summed E-state index contributed by atoms with van der Waals surface area (Å²) in [6.07, 6.45) is -4.36. The van der Waals surface area contributed by atoms with Crippen molar-refractivity contribution in [3.63, 3.8) is 0 Å². The molecule has 0 aromatic heterocycles. The Morgan fingerprint density at radius 3 is 2.67 bits per heavy atom. The van der Waals surface area contributed by atoms with Crippen LogP contribution in [0.25, 0.3) is 0 Å². The van der Waals surface area contributed by atoms with Crippen LogP contribution in [0.4, 0.5) is 13.2 Å². The number of aliphatic hydroxyl groups excluding tert-OH is 1. The van der Waals surface area contributed by atoms with Crippen LogP contribution in [-0.4, -0.2) is 35.1 Å². The number of likely N-dealkylation sites (tertiary alicyclic amines) is 1. The van der Waals surface area contributed by atoms with Crippen LogP contribution in [0, 0.1) is 5.92 Å². The fourth-order valence-electron chi connectivity index (χ4n) is 2.40. The lowest BCUT2D eigenvalue weighted by Gasteiger charge is -2.19. The van der Waals surface area contributed by atoms with Gasteiger partial charge in [-0.05, 0) is 47.5 Å². The topological polar surface area (TPSA) is 40.5 Å². The maximum Gasteiger partial charge on any atom is 0.416 e. The number of carbonyl (C=O) groups is 1.